The SMILES string of the molecule is CCCC[C@@H](NC(=O)COc1ccc2c(-c3ccccc3)cc(=O)oc2c1)C(=O)O. The highest BCUT2D eigenvalue weighted by Gasteiger charge is 2.19. The fourth-order valence-corrected chi connectivity index (χ4v) is 3.14. The Labute approximate surface area is 173 Å². The van der Waals surface area contributed by atoms with E-state index in [1.54, 1.807) is 18.2 Å². The van der Waals surface area contributed by atoms with E-state index in [4.69, 9.17) is 9.15 Å². The molecule has 0 unspecified atom stereocenters. The number of amides is 1. The van der Waals surface area contributed by atoms with E-state index in [2.05, 4.69) is 5.32 Å². The average Bonchev–Trinajstić information content (AvgIpc) is 2.74. The molecule has 1 aromatic heterocycles. The molecule has 0 bridgehead atoms. The van der Waals surface area contributed by atoms with Gasteiger partial charge in [0.2, 0.25) is 0 Å². The number of carbonyl (C=O) groups excluding carboxylic acids is 1. The van der Waals surface area contributed by atoms with Crippen molar-refractivity contribution in [3.63, 3.8) is 0 Å². The van der Waals surface area contributed by atoms with Gasteiger partial charge >= 0.3 is 11.6 Å². The van der Waals surface area contributed by atoms with Gasteiger partial charge in [0.25, 0.3) is 5.91 Å². The molecule has 0 saturated heterocycles. The minimum Gasteiger partial charge on any atom is -0.484 e. The van der Waals surface area contributed by atoms with Gasteiger partial charge in [-0.05, 0) is 29.7 Å². The number of carboxylic acids is 1. The Hall–Kier alpha value is -3.61. The highest BCUT2D eigenvalue weighted by molar-refractivity contribution is 5.93. The van der Waals surface area contributed by atoms with E-state index >= 15 is 0 Å². The van der Waals surface area contributed by atoms with Crippen LogP contribution in [-0.4, -0.2) is 29.6 Å². The van der Waals surface area contributed by atoms with Crippen LogP contribution < -0.4 is 15.7 Å². The largest absolute Gasteiger partial charge is 0.484 e. The second-order valence-electron chi connectivity index (χ2n) is 6.89. The topological polar surface area (TPSA) is 106 Å². The molecule has 0 spiro atoms. The molecule has 2 N–H and O–H groups in total. The molecule has 1 amide bonds. The van der Waals surface area contributed by atoms with Crippen LogP contribution in [0.3, 0.4) is 0 Å². The monoisotopic (exact) mass is 409 g/mol. The predicted molar refractivity (Wildman–Crippen MR) is 113 cm³/mol. The van der Waals surface area contributed by atoms with E-state index in [1.807, 2.05) is 37.3 Å². The number of ether oxygens (including phenoxy) is 1. The lowest BCUT2D eigenvalue weighted by atomic mass is 10.0. The lowest BCUT2D eigenvalue weighted by molar-refractivity contribution is -0.142. The Bertz CT molecular complexity index is 1090. The Morgan fingerprint density at radius 2 is 1.90 bits per heavy atom. The lowest BCUT2D eigenvalue weighted by Crippen LogP contribution is -2.42. The maximum Gasteiger partial charge on any atom is 0.336 e. The van der Waals surface area contributed by atoms with Gasteiger partial charge in [-0.25, -0.2) is 9.59 Å². The summed E-state index contributed by atoms with van der Waals surface area (Å²) in [4.78, 5) is 35.3. The summed E-state index contributed by atoms with van der Waals surface area (Å²) in [5.74, 6) is -1.26. The van der Waals surface area contributed by atoms with Crippen molar-refractivity contribution in [3.05, 3.63) is 65.0 Å². The first kappa shape index (κ1) is 21.1. The lowest BCUT2D eigenvalue weighted by Gasteiger charge is -2.14. The van der Waals surface area contributed by atoms with E-state index < -0.39 is 23.5 Å². The molecule has 0 saturated carbocycles. The minimum atomic E-state index is -1.07. The molecular formula is C23H23NO6. The standard InChI is InChI=1S/C23H23NO6/c1-2-3-9-19(23(27)28)24-21(25)14-29-16-10-11-17-18(15-7-5-4-6-8-15)13-22(26)30-20(17)12-16/h4-8,10-13,19H,2-3,9,14H2,1H3,(H,24,25)(H,27,28)/t19-/m1/s1. The second-order valence-corrected chi connectivity index (χ2v) is 6.89. The normalized spacial score (nSPS) is 11.8. The van der Waals surface area contributed by atoms with Gasteiger partial charge in [-0.15, -0.1) is 0 Å². The number of benzene rings is 2. The van der Waals surface area contributed by atoms with Crippen LogP contribution in [0.2, 0.25) is 0 Å². The van der Waals surface area contributed by atoms with Crippen molar-refractivity contribution in [2.24, 2.45) is 0 Å². The third-order valence-electron chi connectivity index (χ3n) is 4.65. The molecule has 0 aliphatic carbocycles. The van der Waals surface area contributed by atoms with Crippen LogP contribution >= 0.6 is 0 Å². The smallest absolute Gasteiger partial charge is 0.336 e. The Kier molecular flexibility index (Phi) is 6.85. The number of aliphatic carboxylic acids is 1. The van der Waals surface area contributed by atoms with Crippen molar-refractivity contribution in [3.8, 4) is 16.9 Å². The van der Waals surface area contributed by atoms with Gasteiger partial charge in [-0.1, -0.05) is 50.1 Å². The molecular weight excluding hydrogens is 386 g/mol. The molecule has 0 aliphatic heterocycles. The van der Waals surface area contributed by atoms with Crippen LogP contribution in [0.4, 0.5) is 0 Å². The number of carbonyl (C=O) groups is 2. The van der Waals surface area contributed by atoms with Crippen molar-refractivity contribution in [1.29, 1.82) is 0 Å². The quantitative estimate of drug-likeness (QED) is 0.523. The Morgan fingerprint density at radius 3 is 2.60 bits per heavy atom. The average molecular weight is 409 g/mol. The van der Waals surface area contributed by atoms with E-state index in [0.717, 1.165) is 22.9 Å². The van der Waals surface area contributed by atoms with E-state index in [9.17, 15) is 19.5 Å². The van der Waals surface area contributed by atoms with Crippen molar-refractivity contribution in [1.82, 2.24) is 5.32 Å². The first-order chi connectivity index (χ1) is 14.5. The van der Waals surface area contributed by atoms with Crippen LogP contribution in [0.1, 0.15) is 26.2 Å². The molecule has 3 rings (SSSR count). The van der Waals surface area contributed by atoms with Crippen LogP contribution in [-0.2, 0) is 9.59 Å². The molecule has 30 heavy (non-hydrogen) atoms. The zero-order valence-corrected chi connectivity index (χ0v) is 16.6. The van der Waals surface area contributed by atoms with Gasteiger partial charge in [0.05, 0.1) is 0 Å². The van der Waals surface area contributed by atoms with E-state index in [0.29, 0.717) is 24.2 Å². The van der Waals surface area contributed by atoms with Gasteiger partial charge in [0.15, 0.2) is 6.61 Å². The van der Waals surface area contributed by atoms with Crippen LogP contribution in [0, 0.1) is 0 Å². The molecule has 7 heteroatoms. The highest BCUT2D eigenvalue weighted by atomic mass is 16.5. The Balaban J connectivity index is 1.74. The summed E-state index contributed by atoms with van der Waals surface area (Å²) in [6.45, 7) is 1.61. The molecule has 156 valence electrons. The number of rotatable bonds is 9. The van der Waals surface area contributed by atoms with Crippen LogP contribution in [0.25, 0.3) is 22.1 Å². The van der Waals surface area contributed by atoms with Gasteiger partial charge in [-0.2, -0.15) is 0 Å². The third kappa shape index (κ3) is 5.26. The fourth-order valence-electron chi connectivity index (χ4n) is 3.14. The molecule has 0 aliphatic rings. The third-order valence-corrected chi connectivity index (χ3v) is 4.65. The van der Waals surface area contributed by atoms with Crippen LogP contribution in [0.5, 0.6) is 5.75 Å². The zero-order chi connectivity index (χ0) is 21.5. The number of fused-ring (bicyclic) bond motifs is 1. The summed E-state index contributed by atoms with van der Waals surface area (Å²) in [5, 5.41) is 12.4. The molecule has 3 aromatic rings. The van der Waals surface area contributed by atoms with Crippen LogP contribution in [0.15, 0.2) is 63.8 Å². The number of hydrogen-bond donors (Lipinski definition) is 2. The molecule has 1 atom stereocenters. The van der Waals surface area contributed by atoms with Crippen molar-refractivity contribution < 1.29 is 23.8 Å². The summed E-state index contributed by atoms with van der Waals surface area (Å²) < 4.78 is 10.8. The van der Waals surface area contributed by atoms with Gasteiger partial charge in [-0.3, -0.25) is 4.79 Å². The number of carboxylic acid groups (broad SMARTS) is 1. The van der Waals surface area contributed by atoms with Crippen molar-refractivity contribution >= 4 is 22.8 Å². The fraction of sp³-hybridized carbons (Fsp3) is 0.261. The first-order valence-electron chi connectivity index (χ1n) is 9.76. The molecule has 7 nitrogen and oxygen atoms in total. The first-order valence-corrected chi connectivity index (χ1v) is 9.76. The van der Waals surface area contributed by atoms with Gasteiger partial charge in [0.1, 0.15) is 17.4 Å². The molecule has 0 radical (unpaired) electrons. The highest BCUT2D eigenvalue weighted by Crippen LogP contribution is 2.29. The maximum atomic E-state index is 12.1. The van der Waals surface area contributed by atoms with Gasteiger partial charge in [0, 0.05) is 17.5 Å². The predicted octanol–water partition coefficient (Wildman–Crippen LogP) is 3.60. The molecule has 2 aromatic carbocycles. The number of hydrogen-bond acceptors (Lipinski definition) is 5. The summed E-state index contributed by atoms with van der Waals surface area (Å²) in [6, 6.07) is 14.9. The number of unbranched alkanes of at least 4 members (excludes halogenated alkanes) is 1. The summed E-state index contributed by atoms with van der Waals surface area (Å²) in [5.41, 5.74) is 1.48. The summed E-state index contributed by atoms with van der Waals surface area (Å²) in [7, 11) is 0. The minimum absolute atomic E-state index is 0.339. The zero-order valence-electron chi connectivity index (χ0n) is 16.6. The summed E-state index contributed by atoms with van der Waals surface area (Å²) in [6.07, 6.45) is 1.90. The summed E-state index contributed by atoms with van der Waals surface area (Å²) >= 11 is 0. The van der Waals surface area contributed by atoms with Gasteiger partial charge < -0.3 is 19.6 Å². The molecule has 0 fully saturated rings. The molecule has 1 heterocycles. The van der Waals surface area contributed by atoms with Crippen molar-refractivity contribution in [2.45, 2.75) is 32.2 Å². The number of nitrogens with one attached hydrogen (secondary N) is 1. The second kappa shape index (κ2) is 9.73. The Morgan fingerprint density at radius 1 is 1.13 bits per heavy atom. The maximum absolute atomic E-state index is 12.1. The van der Waals surface area contributed by atoms with E-state index in [1.165, 1.54) is 6.07 Å². The van der Waals surface area contributed by atoms with Crippen molar-refractivity contribution in [2.75, 3.05) is 6.61 Å². The van der Waals surface area contributed by atoms with E-state index in [-0.39, 0.29) is 6.61 Å².